The van der Waals surface area contributed by atoms with Crippen molar-refractivity contribution in [3.63, 3.8) is 0 Å². The number of nitrogens with zero attached hydrogens (tertiary/aromatic N) is 1. The second kappa shape index (κ2) is 6.14. The Labute approximate surface area is 124 Å². The number of hydrogen-bond donors (Lipinski definition) is 1. The highest BCUT2D eigenvalue weighted by molar-refractivity contribution is 5.60. The maximum atomic E-state index is 13.1. The zero-order valence-electron chi connectivity index (χ0n) is 11.8. The third-order valence-corrected chi connectivity index (χ3v) is 3.83. The smallest absolute Gasteiger partial charge is 0.142 e. The molecule has 0 spiro atoms. The zero-order valence-corrected chi connectivity index (χ0v) is 11.8. The Balaban J connectivity index is 1.98. The second-order valence-electron chi connectivity index (χ2n) is 5.17. The molecule has 0 saturated heterocycles. The average molecular weight is 286 g/mol. The Hall–Kier alpha value is -2.07. The van der Waals surface area contributed by atoms with E-state index in [2.05, 4.69) is 4.90 Å². The van der Waals surface area contributed by atoms with Crippen LogP contribution in [-0.4, -0.2) is 19.7 Å². The molecule has 2 aromatic carbocycles. The van der Waals surface area contributed by atoms with E-state index < -0.39 is 0 Å². The molecule has 1 aliphatic heterocycles. The largest absolute Gasteiger partial charge is 0.491 e. The lowest BCUT2D eigenvalue weighted by molar-refractivity contribution is 0.322. The summed E-state index contributed by atoms with van der Waals surface area (Å²) in [5.74, 6) is 0.657. The molecule has 0 saturated carbocycles. The molecular weight excluding hydrogens is 267 g/mol. The predicted molar refractivity (Wildman–Crippen MR) is 82.1 cm³/mol. The van der Waals surface area contributed by atoms with Crippen LogP contribution in [0.1, 0.15) is 18.0 Å². The zero-order chi connectivity index (χ0) is 14.7. The molecule has 1 heterocycles. The van der Waals surface area contributed by atoms with Crippen LogP contribution >= 0.6 is 0 Å². The summed E-state index contributed by atoms with van der Waals surface area (Å²) in [5, 5.41) is 0. The van der Waals surface area contributed by atoms with Crippen LogP contribution in [0.15, 0.2) is 48.5 Å². The molecule has 1 unspecified atom stereocenters. The van der Waals surface area contributed by atoms with Crippen LogP contribution in [0.3, 0.4) is 0 Å². The van der Waals surface area contributed by atoms with E-state index in [-0.39, 0.29) is 11.9 Å². The number of nitrogens with two attached hydrogens (primary N) is 1. The van der Waals surface area contributed by atoms with Gasteiger partial charge in [-0.1, -0.05) is 24.3 Å². The predicted octanol–water partition coefficient (Wildman–Crippen LogP) is 3.11. The van der Waals surface area contributed by atoms with Crippen molar-refractivity contribution >= 4 is 5.69 Å². The molecule has 21 heavy (non-hydrogen) atoms. The van der Waals surface area contributed by atoms with Gasteiger partial charge in [-0.2, -0.15) is 0 Å². The molecule has 0 amide bonds. The van der Waals surface area contributed by atoms with Gasteiger partial charge < -0.3 is 15.4 Å². The molecule has 1 aliphatic rings. The molecular formula is C17H19FN2O. The molecule has 4 heteroatoms. The average Bonchev–Trinajstić information content (AvgIpc) is 2.73. The quantitative estimate of drug-likeness (QED) is 0.942. The van der Waals surface area contributed by atoms with Gasteiger partial charge in [-0.05, 0) is 36.2 Å². The maximum Gasteiger partial charge on any atom is 0.142 e. The van der Waals surface area contributed by atoms with Crippen LogP contribution in [0, 0.1) is 5.82 Å². The van der Waals surface area contributed by atoms with Crippen molar-refractivity contribution in [2.24, 2.45) is 5.73 Å². The van der Waals surface area contributed by atoms with Crippen LogP contribution < -0.4 is 15.4 Å². The van der Waals surface area contributed by atoms with E-state index in [1.54, 1.807) is 12.1 Å². The lowest BCUT2D eigenvalue weighted by Gasteiger charge is -2.32. The van der Waals surface area contributed by atoms with E-state index in [9.17, 15) is 4.39 Å². The van der Waals surface area contributed by atoms with Crippen LogP contribution in [0.25, 0.3) is 0 Å². The first-order valence-electron chi connectivity index (χ1n) is 7.23. The summed E-state index contributed by atoms with van der Waals surface area (Å²) in [6.45, 7) is 2.05. The Bertz CT molecular complexity index is 600. The normalized spacial score (nSPS) is 15.8. The van der Waals surface area contributed by atoms with Gasteiger partial charge in [0.1, 0.15) is 11.6 Å². The molecule has 0 aromatic heterocycles. The van der Waals surface area contributed by atoms with E-state index in [1.165, 1.54) is 12.1 Å². The fourth-order valence-corrected chi connectivity index (χ4v) is 2.81. The second-order valence-corrected chi connectivity index (χ2v) is 5.17. The highest BCUT2D eigenvalue weighted by atomic mass is 19.1. The summed E-state index contributed by atoms with van der Waals surface area (Å²) in [6.07, 6.45) is 0.937. The summed E-state index contributed by atoms with van der Waals surface area (Å²) in [5.41, 5.74) is 8.08. The lowest BCUT2D eigenvalue weighted by Crippen LogP contribution is -2.34. The van der Waals surface area contributed by atoms with Gasteiger partial charge in [0.2, 0.25) is 0 Å². The molecule has 0 radical (unpaired) electrons. The number of ether oxygens (including phenoxy) is 1. The van der Waals surface area contributed by atoms with E-state index in [0.717, 1.165) is 30.0 Å². The van der Waals surface area contributed by atoms with Gasteiger partial charge in [-0.25, -0.2) is 4.39 Å². The molecule has 3 nitrogen and oxygen atoms in total. The molecule has 3 rings (SSSR count). The van der Waals surface area contributed by atoms with Gasteiger partial charge in [-0.15, -0.1) is 0 Å². The summed E-state index contributed by atoms with van der Waals surface area (Å²) in [4.78, 5) is 2.26. The summed E-state index contributed by atoms with van der Waals surface area (Å²) < 4.78 is 18.9. The van der Waals surface area contributed by atoms with Gasteiger partial charge in [0.05, 0.1) is 18.3 Å². The fraction of sp³-hybridized carbons (Fsp3) is 0.294. The maximum absolute atomic E-state index is 13.1. The first kappa shape index (κ1) is 13.9. The first-order chi connectivity index (χ1) is 10.3. The van der Waals surface area contributed by atoms with Crippen molar-refractivity contribution in [2.45, 2.75) is 12.5 Å². The third-order valence-electron chi connectivity index (χ3n) is 3.83. The summed E-state index contributed by atoms with van der Waals surface area (Å²) >= 11 is 0. The van der Waals surface area contributed by atoms with Crippen molar-refractivity contribution in [1.29, 1.82) is 0 Å². The minimum absolute atomic E-state index is 0.0217. The Morgan fingerprint density at radius 1 is 1.14 bits per heavy atom. The summed E-state index contributed by atoms with van der Waals surface area (Å²) in [6, 6.07) is 14.6. The number of fused-ring (bicyclic) bond motifs is 1. The standard InChI is InChI=1S/C17H19FN2O/c18-14-8-6-13(7-9-14)16(12-19)20-10-3-11-21-17-5-2-1-4-15(17)20/h1-2,4-9,16H,3,10-12,19H2. The van der Waals surface area contributed by atoms with E-state index in [4.69, 9.17) is 10.5 Å². The summed E-state index contributed by atoms with van der Waals surface area (Å²) in [7, 11) is 0. The van der Waals surface area contributed by atoms with Crippen LogP contribution in [0.5, 0.6) is 5.75 Å². The molecule has 0 aliphatic carbocycles. The number of rotatable bonds is 3. The Kier molecular flexibility index (Phi) is 4.06. The van der Waals surface area contributed by atoms with E-state index >= 15 is 0 Å². The van der Waals surface area contributed by atoms with Crippen molar-refractivity contribution in [3.8, 4) is 5.75 Å². The van der Waals surface area contributed by atoms with Crippen molar-refractivity contribution in [3.05, 3.63) is 59.9 Å². The third kappa shape index (κ3) is 2.85. The SMILES string of the molecule is NCC(c1ccc(F)cc1)N1CCCOc2ccccc21. The molecule has 2 aromatic rings. The minimum atomic E-state index is -0.228. The molecule has 2 N–H and O–H groups in total. The Morgan fingerprint density at radius 2 is 1.90 bits per heavy atom. The van der Waals surface area contributed by atoms with E-state index in [1.807, 2.05) is 24.3 Å². The van der Waals surface area contributed by atoms with Crippen LogP contribution in [-0.2, 0) is 0 Å². The van der Waals surface area contributed by atoms with E-state index in [0.29, 0.717) is 13.2 Å². The monoisotopic (exact) mass is 286 g/mol. The lowest BCUT2D eigenvalue weighted by atomic mass is 10.0. The number of halogens is 1. The Morgan fingerprint density at radius 3 is 2.67 bits per heavy atom. The van der Waals surface area contributed by atoms with Gasteiger partial charge >= 0.3 is 0 Å². The van der Waals surface area contributed by atoms with Gasteiger partial charge in [-0.3, -0.25) is 0 Å². The van der Waals surface area contributed by atoms with Crippen molar-refractivity contribution in [1.82, 2.24) is 0 Å². The molecule has 0 fully saturated rings. The van der Waals surface area contributed by atoms with Crippen LogP contribution in [0.2, 0.25) is 0 Å². The van der Waals surface area contributed by atoms with Crippen LogP contribution in [0.4, 0.5) is 10.1 Å². The number of benzene rings is 2. The number of para-hydroxylation sites is 2. The van der Waals surface area contributed by atoms with Crippen molar-refractivity contribution in [2.75, 3.05) is 24.6 Å². The number of anilines is 1. The van der Waals surface area contributed by atoms with Gasteiger partial charge in [0.25, 0.3) is 0 Å². The van der Waals surface area contributed by atoms with Gasteiger partial charge in [0, 0.05) is 13.1 Å². The fourth-order valence-electron chi connectivity index (χ4n) is 2.81. The highest BCUT2D eigenvalue weighted by Gasteiger charge is 2.24. The molecule has 110 valence electrons. The molecule has 1 atom stereocenters. The topological polar surface area (TPSA) is 38.5 Å². The number of hydrogen-bond acceptors (Lipinski definition) is 3. The van der Waals surface area contributed by atoms with Gasteiger partial charge in [0.15, 0.2) is 0 Å². The molecule has 0 bridgehead atoms. The highest BCUT2D eigenvalue weighted by Crippen LogP contribution is 2.35. The minimum Gasteiger partial charge on any atom is -0.491 e. The van der Waals surface area contributed by atoms with Crippen molar-refractivity contribution < 1.29 is 9.13 Å². The first-order valence-corrected chi connectivity index (χ1v) is 7.23.